The third-order valence-electron chi connectivity index (χ3n) is 5.50. The fourth-order valence-electron chi connectivity index (χ4n) is 3.26. The van der Waals surface area contributed by atoms with Gasteiger partial charge in [0.2, 0.25) is 0 Å². The molecule has 0 aromatic rings. The van der Waals surface area contributed by atoms with Crippen LogP contribution in [0.1, 0.15) is 59.8 Å². The van der Waals surface area contributed by atoms with Crippen LogP contribution in [0.5, 0.6) is 0 Å². The van der Waals surface area contributed by atoms with E-state index in [1.54, 1.807) is 0 Å². The van der Waals surface area contributed by atoms with Gasteiger partial charge in [-0.1, -0.05) is 20.8 Å². The zero-order chi connectivity index (χ0) is 12.5. The fourth-order valence-corrected chi connectivity index (χ4v) is 3.26. The second-order valence-corrected chi connectivity index (χ2v) is 6.48. The first-order chi connectivity index (χ1) is 8.09. The zero-order valence-electron chi connectivity index (χ0n) is 12.2. The molecule has 1 heterocycles. The summed E-state index contributed by atoms with van der Waals surface area (Å²) in [4.78, 5) is 2.76. The van der Waals surface area contributed by atoms with Gasteiger partial charge in [0.1, 0.15) is 0 Å². The van der Waals surface area contributed by atoms with Crippen molar-refractivity contribution in [2.75, 3.05) is 19.6 Å². The predicted octanol–water partition coefficient (Wildman–Crippen LogP) is 3.03. The molecule has 1 aliphatic carbocycles. The Morgan fingerprint density at radius 3 is 2.24 bits per heavy atom. The zero-order valence-corrected chi connectivity index (χ0v) is 12.2. The van der Waals surface area contributed by atoms with E-state index in [-0.39, 0.29) is 0 Å². The lowest BCUT2D eigenvalue weighted by molar-refractivity contribution is 0.0620. The Morgan fingerprint density at radius 2 is 1.76 bits per heavy atom. The smallest absolute Gasteiger partial charge is 0.0304 e. The summed E-state index contributed by atoms with van der Waals surface area (Å²) in [6.45, 7) is 13.2. The lowest BCUT2D eigenvalue weighted by Gasteiger charge is -2.47. The normalized spacial score (nSPS) is 31.4. The van der Waals surface area contributed by atoms with E-state index in [4.69, 9.17) is 0 Å². The molecule has 2 heteroatoms. The summed E-state index contributed by atoms with van der Waals surface area (Å²) in [5, 5.41) is 3.79. The van der Waals surface area contributed by atoms with Gasteiger partial charge in [0.25, 0.3) is 0 Å². The maximum absolute atomic E-state index is 3.79. The van der Waals surface area contributed by atoms with Gasteiger partial charge in [-0.15, -0.1) is 0 Å². The van der Waals surface area contributed by atoms with Crippen molar-refractivity contribution in [3.63, 3.8) is 0 Å². The quantitative estimate of drug-likeness (QED) is 0.792. The summed E-state index contributed by atoms with van der Waals surface area (Å²) >= 11 is 0. The van der Waals surface area contributed by atoms with Crippen LogP contribution in [0.25, 0.3) is 0 Å². The minimum absolute atomic E-state index is 0.385. The van der Waals surface area contributed by atoms with Crippen LogP contribution in [-0.2, 0) is 0 Å². The van der Waals surface area contributed by atoms with Crippen molar-refractivity contribution in [2.45, 2.75) is 71.4 Å². The van der Waals surface area contributed by atoms with Crippen LogP contribution in [0.3, 0.4) is 0 Å². The number of piperazine rings is 1. The first-order valence-corrected chi connectivity index (χ1v) is 7.58. The first kappa shape index (κ1) is 13.4. The standard InChI is InChI=1S/C15H30N2/c1-5-14(8-9-14)11-17-12-15(6-2,7-3)16-10-13(17)4/h13,16H,5-12H2,1-4H3. The van der Waals surface area contributed by atoms with Gasteiger partial charge >= 0.3 is 0 Å². The van der Waals surface area contributed by atoms with Gasteiger partial charge in [0, 0.05) is 31.2 Å². The summed E-state index contributed by atoms with van der Waals surface area (Å²) < 4.78 is 0. The molecule has 1 atom stereocenters. The van der Waals surface area contributed by atoms with Crippen LogP contribution in [0.15, 0.2) is 0 Å². The van der Waals surface area contributed by atoms with E-state index in [9.17, 15) is 0 Å². The monoisotopic (exact) mass is 238 g/mol. The minimum Gasteiger partial charge on any atom is -0.308 e. The minimum atomic E-state index is 0.385. The Kier molecular flexibility index (Phi) is 3.84. The maximum Gasteiger partial charge on any atom is 0.0304 e. The molecule has 0 amide bonds. The predicted molar refractivity (Wildman–Crippen MR) is 74.3 cm³/mol. The molecule has 1 unspecified atom stereocenters. The Hall–Kier alpha value is -0.0800. The Bertz CT molecular complexity index is 254. The molecular weight excluding hydrogens is 208 g/mol. The number of rotatable bonds is 5. The third-order valence-corrected chi connectivity index (χ3v) is 5.50. The Morgan fingerprint density at radius 1 is 1.12 bits per heavy atom. The molecule has 2 rings (SSSR count). The van der Waals surface area contributed by atoms with Crippen LogP contribution >= 0.6 is 0 Å². The summed E-state index contributed by atoms with van der Waals surface area (Å²) in [6.07, 6.45) is 6.81. The van der Waals surface area contributed by atoms with Gasteiger partial charge in [0.15, 0.2) is 0 Å². The fraction of sp³-hybridized carbons (Fsp3) is 1.00. The highest BCUT2D eigenvalue weighted by molar-refractivity contribution is 5.00. The summed E-state index contributed by atoms with van der Waals surface area (Å²) in [5.41, 5.74) is 1.08. The average molecular weight is 238 g/mol. The summed E-state index contributed by atoms with van der Waals surface area (Å²) in [7, 11) is 0. The van der Waals surface area contributed by atoms with E-state index in [0.717, 1.165) is 0 Å². The molecule has 1 N–H and O–H groups in total. The van der Waals surface area contributed by atoms with Gasteiger partial charge < -0.3 is 5.32 Å². The SMILES string of the molecule is CCC1(CN2CC(CC)(CC)NCC2C)CC1. The molecule has 0 aromatic carbocycles. The Labute approximate surface area is 107 Å². The number of hydrogen-bond donors (Lipinski definition) is 1. The van der Waals surface area contributed by atoms with Crippen molar-refractivity contribution in [2.24, 2.45) is 5.41 Å². The lowest BCUT2D eigenvalue weighted by atomic mass is 9.87. The molecule has 0 radical (unpaired) electrons. The van der Waals surface area contributed by atoms with Crippen molar-refractivity contribution in [1.82, 2.24) is 10.2 Å². The lowest BCUT2D eigenvalue weighted by Crippen LogP contribution is -2.63. The van der Waals surface area contributed by atoms with E-state index in [1.165, 1.54) is 51.7 Å². The van der Waals surface area contributed by atoms with Crippen LogP contribution in [0.4, 0.5) is 0 Å². The van der Waals surface area contributed by atoms with E-state index in [2.05, 4.69) is 37.9 Å². The van der Waals surface area contributed by atoms with Gasteiger partial charge in [-0.25, -0.2) is 0 Å². The van der Waals surface area contributed by atoms with Gasteiger partial charge in [-0.2, -0.15) is 0 Å². The molecule has 1 saturated heterocycles. The molecule has 0 spiro atoms. The first-order valence-electron chi connectivity index (χ1n) is 7.58. The molecule has 0 aromatic heterocycles. The van der Waals surface area contributed by atoms with E-state index >= 15 is 0 Å². The highest BCUT2D eigenvalue weighted by atomic mass is 15.3. The second-order valence-electron chi connectivity index (χ2n) is 6.48. The van der Waals surface area contributed by atoms with Crippen molar-refractivity contribution in [1.29, 1.82) is 0 Å². The highest BCUT2D eigenvalue weighted by Crippen LogP contribution is 2.49. The largest absolute Gasteiger partial charge is 0.308 e. The van der Waals surface area contributed by atoms with E-state index < -0.39 is 0 Å². The van der Waals surface area contributed by atoms with Crippen molar-refractivity contribution >= 4 is 0 Å². The molecule has 2 nitrogen and oxygen atoms in total. The van der Waals surface area contributed by atoms with Gasteiger partial charge in [0.05, 0.1) is 0 Å². The van der Waals surface area contributed by atoms with Crippen LogP contribution in [0, 0.1) is 5.41 Å². The number of hydrogen-bond acceptors (Lipinski definition) is 2. The number of nitrogens with one attached hydrogen (secondary N) is 1. The van der Waals surface area contributed by atoms with Gasteiger partial charge in [-0.05, 0) is 44.4 Å². The van der Waals surface area contributed by atoms with Crippen LogP contribution < -0.4 is 5.32 Å². The average Bonchev–Trinajstić information content (AvgIpc) is 3.13. The second kappa shape index (κ2) is 4.89. The third kappa shape index (κ3) is 2.68. The molecule has 1 aliphatic heterocycles. The molecule has 2 fully saturated rings. The highest BCUT2D eigenvalue weighted by Gasteiger charge is 2.45. The van der Waals surface area contributed by atoms with Crippen LogP contribution in [-0.4, -0.2) is 36.1 Å². The van der Waals surface area contributed by atoms with Crippen LogP contribution in [0.2, 0.25) is 0 Å². The molecular formula is C15H30N2. The van der Waals surface area contributed by atoms with Gasteiger partial charge in [-0.3, -0.25) is 4.90 Å². The Balaban J connectivity index is 1.99. The molecule has 17 heavy (non-hydrogen) atoms. The maximum atomic E-state index is 3.79. The summed E-state index contributed by atoms with van der Waals surface area (Å²) in [5.74, 6) is 0. The van der Waals surface area contributed by atoms with Crippen molar-refractivity contribution in [3.8, 4) is 0 Å². The van der Waals surface area contributed by atoms with Crippen molar-refractivity contribution in [3.05, 3.63) is 0 Å². The molecule has 1 saturated carbocycles. The molecule has 100 valence electrons. The van der Waals surface area contributed by atoms with Crippen molar-refractivity contribution < 1.29 is 0 Å². The molecule has 2 aliphatic rings. The topological polar surface area (TPSA) is 15.3 Å². The van der Waals surface area contributed by atoms with E-state index in [1.807, 2.05) is 0 Å². The summed E-state index contributed by atoms with van der Waals surface area (Å²) in [6, 6.07) is 0.713. The number of nitrogens with zero attached hydrogens (tertiary/aromatic N) is 1. The van der Waals surface area contributed by atoms with E-state index in [0.29, 0.717) is 17.0 Å². The molecule has 0 bridgehead atoms.